The number of carboxylic acids is 1. The van der Waals surface area contributed by atoms with Gasteiger partial charge in [0.25, 0.3) is 0 Å². The molecule has 2 rings (SSSR count). The number of aliphatic carboxylic acids is 1. The molecule has 0 heterocycles. The zero-order valence-electron chi connectivity index (χ0n) is 10.5. The highest BCUT2D eigenvalue weighted by atomic mass is 79.9. The highest BCUT2D eigenvalue weighted by Crippen LogP contribution is 2.48. The van der Waals surface area contributed by atoms with E-state index < -0.39 is 5.97 Å². The van der Waals surface area contributed by atoms with Crippen LogP contribution in [0, 0.1) is 0 Å². The molecule has 0 unspecified atom stereocenters. The molecule has 1 aliphatic rings. The van der Waals surface area contributed by atoms with E-state index in [-0.39, 0.29) is 11.8 Å². The van der Waals surface area contributed by atoms with Gasteiger partial charge in [-0.2, -0.15) is 0 Å². The van der Waals surface area contributed by atoms with Crippen LogP contribution in [0.25, 0.3) is 0 Å². The fourth-order valence-corrected chi connectivity index (χ4v) is 2.64. The van der Waals surface area contributed by atoms with Crippen LogP contribution < -0.4 is 0 Å². The number of hydrogen-bond acceptors (Lipinski definition) is 2. The van der Waals surface area contributed by atoms with E-state index in [0.29, 0.717) is 6.54 Å². The lowest BCUT2D eigenvalue weighted by Gasteiger charge is -2.23. The van der Waals surface area contributed by atoms with Crippen LogP contribution >= 0.6 is 15.9 Å². The summed E-state index contributed by atoms with van der Waals surface area (Å²) in [5.41, 5.74) is 1.63. The van der Waals surface area contributed by atoms with Gasteiger partial charge < -0.3 is 10.0 Å². The first-order valence-corrected chi connectivity index (χ1v) is 6.97. The van der Waals surface area contributed by atoms with Gasteiger partial charge in [-0.1, -0.05) is 28.1 Å². The molecule has 1 N–H and O–H groups in total. The summed E-state index contributed by atoms with van der Waals surface area (Å²) < 4.78 is 1.10. The van der Waals surface area contributed by atoms with Gasteiger partial charge in [-0.05, 0) is 37.6 Å². The minimum Gasteiger partial charge on any atom is -0.481 e. The molecule has 1 aliphatic carbocycles. The average molecular weight is 312 g/mol. The lowest BCUT2D eigenvalue weighted by molar-refractivity contribution is -0.137. The summed E-state index contributed by atoms with van der Waals surface area (Å²) in [4.78, 5) is 12.7. The van der Waals surface area contributed by atoms with Gasteiger partial charge in [-0.15, -0.1) is 0 Å². The first-order chi connectivity index (χ1) is 8.52. The SMILES string of the molecule is CN(CCC(=O)O)CC1(c2ccc(Br)cc2)CC1. The molecule has 4 heteroatoms. The van der Waals surface area contributed by atoms with Crippen LogP contribution in [-0.4, -0.2) is 36.1 Å². The second-order valence-electron chi connectivity index (χ2n) is 5.17. The van der Waals surface area contributed by atoms with Crippen LogP contribution in [0.1, 0.15) is 24.8 Å². The largest absolute Gasteiger partial charge is 0.481 e. The second kappa shape index (κ2) is 5.41. The summed E-state index contributed by atoms with van der Waals surface area (Å²) in [5.74, 6) is -0.727. The summed E-state index contributed by atoms with van der Waals surface area (Å²) in [5, 5.41) is 8.69. The molecule has 0 amide bonds. The Balaban J connectivity index is 1.95. The van der Waals surface area contributed by atoms with Crippen molar-refractivity contribution in [1.82, 2.24) is 4.90 Å². The van der Waals surface area contributed by atoms with E-state index in [0.717, 1.165) is 11.0 Å². The Morgan fingerprint density at radius 3 is 2.50 bits per heavy atom. The van der Waals surface area contributed by atoms with Crippen LogP contribution in [0.2, 0.25) is 0 Å². The molecule has 0 spiro atoms. The van der Waals surface area contributed by atoms with E-state index >= 15 is 0 Å². The average Bonchev–Trinajstić information content (AvgIpc) is 3.08. The molecule has 98 valence electrons. The maximum atomic E-state index is 10.6. The standard InChI is InChI=1S/C14H18BrNO2/c1-16(9-6-13(17)18)10-14(7-8-14)11-2-4-12(15)5-3-11/h2-5H,6-10H2,1H3,(H,17,18). The number of likely N-dealkylation sites (N-methyl/N-ethyl adjacent to an activating group) is 1. The van der Waals surface area contributed by atoms with Crippen molar-refractivity contribution < 1.29 is 9.90 Å². The van der Waals surface area contributed by atoms with Crippen LogP contribution in [0.15, 0.2) is 28.7 Å². The highest BCUT2D eigenvalue weighted by Gasteiger charge is 2.44. The van der Waals surface area contributed by atoms with Gasteiger partial charge in [0.1, 0.15) is 0 Å². The molecule has 0 saturated heterocycles. The molecule has 1 saturated carbocycles. The third-order valence-corrected chi connectivity index (χ3v) is 4.12. The van der Waals surface area contributed by atoms with E-state index in [2.05, 4.69) is 45.1 Å². The number of hydrogen-bond donors (Lipinski definition) is 1. The van der Waals surface area contributed by atoms with Gasteiger partial charge in [0.05, 0.1) is 6.42 Å². The molecule has 1 aromatic rings. The first kappa shape index (κ1) is 13.6. The Morgan fingerprint density at radius 2 is 2.00 bits per heavy atom. The van der Waals surface area contributed by atoms with E-state index in [1.807, 2.05) is 7.05 Å². The van der Waals surface area contributed by atoms with Gasteiger partial charge in [-0.25, -0.2) is 0 Å². The Labute approximate surface area is 116 Å². The number of benzene rings is 1. The minimum absolute atomic E-state index is 0.215. The van der Waals surface area contributed by atoms with Crippen LogP contribution in [-0.2, 0) is 10.2 Å². The Kier molecular flexibility index (Phi) is 4.07. The number of rotatable bonds is 6. The maximum Gasteiger partial charge on any atom is 0.304 e. The van der Waals surface area contributed by atoms with E-state index in [9.17, 15) is 4.79 Å². The molecule has 0 radical (unpaired) electrons. The monoisotopic (exact) mass is 311 g/mol. The molecule has 0 aromatic heterocycles. The van der Waals surface area contributed by atoms with Gasteiger partial charge >= 0.3 is 5.97 Å². The molecule has 0 aliphatic heterocycles. The maximum absolute atomic E-state index is 10.6. The normalized spacial score (nSPS) is 16.8. The summed E-state index contributed by atoms with van der Waals surface area (Å²) in [6.07, 6.45) is 2.62. The van der Waals surface area contributed by atoms with Gasteiger partial charge in [0, 0.05) is 23.0 Å². The van der Waals surface area contributed by atoms with Gasteiger partial charge in [0.15, 0.2) is 0 Å². The van der Waals surface area contributed by atoms with E-state index in [4.69, 9.17) is 5.11 Å². The van der Waals surface area contributed by atoms with Crippen molar-refractivity contribution >= 4 is 21.9 Å². The topological polar surface area (TPSA) is 40.5 Å². The van der Waals surface area contributed by atoms with E-state index in [1.54, 1.807) is 0 Å². The first-order valence-electron chi connectivity index (χ1n) is 6.18. The predicted molar refractivity (Wildman–Crippen MR) is 74.8 cm³/mol. The second-order valence-corrected chi connectivity index (χ2v) is 6.08. The van der Waals surface area contributed by atoms with Crippen molar-refractivity contribution in [2.24, 2.45) is 0 Å². The molecular weight excluding hydrogens is 294 g/mol. The predicted octanol–water partition coefficient (Wildman–Crippen LogP) is 2.89. The zero-order valence-corrected chi connectivity index (χ0v) is 12.1. The van der Waals surface area contributed by atoms with Crippen molar-refractivity contribution in [1.29, 1.82) is 0 Å². The van der Waals surface area contributed by atoms with Crippen molar-refractivity contribution in [3.05, 3.63) is 34.3 Å². The Hall–Kier alpha value is -0.870. The van der Waals surface area contributed by atoms with Crippen LogP contribution in [0.3, 0.4) is 0 Å². The lowest BCUT2D eigenvalue weighted by Crippen LogP contribution is -2.31. The summed E-state index contributed by atoms with van der Waals surface area (Å²) in [7, 11) is 2.00. The fourth-order valence-electron chi connectivity index (χ4n) is 2.37. The number of nitrogens with zero attached hydrogens (tertiary/aromatic N) is 1. The molecule has 18 heavy (non-hydrogen) atoms. The van der Waals surface area contributed by atoms with Crippen LogP contribution in [0.4, 0.5) is 0 Å². The molecule has 1 fully saturated rings. The Morgan fingerprint density at radius 1 is 1.39 bits per heavy atom. The summed E-state index contributed by atoms with van der Waals surface area (Å²) >= 11 is 3.45. The molecule has 3 nitrogen and oxygen atoms in total. The number of halogens is 1. The van der Waals surface area contributed by atoms with Crippen molar-refractivity contribution in [2.45, 2.75) is 24.7 Å². The quantitative estimate of drug-likeness (QED) is 0.878. The smallest absolute Gasteiger partial charge is 0.304 e. The molecular formula is C14H18BrNO2. The minimum atomic E-state index is -0.727. The molecule has 1 aromatic carbocycles. The Bertz CT molecular complexity index is 426. The van der Waals surface area contributed by atoms with E-state index in [1.165, 1.54) is 18.4 Å². The van der Waals surface area contributed by atoms with Crippen molar-refractivity contribution in [3.8, 4) is 0 Å². The lowest BCUT2D eigenvalue weighted by atomic mass is 9.95. The molecule has 0 atom stereocenters. The van der Waals surface area contributed by atoms with Crippen molar-refractivity contribution in [2.75, 3.05) is 20.1 Å². The van der Waals surface area contributed by atoms with Crippen molar-refractivity contribution in [3.63, 3.8) is 0 Å². The third kappa shape index (κ3) is 3.33. The third-order valence-electron chi connectivity index (χ3n) is 3.59. The van der Waals surface area contributed by atoms with Gasteiger partial charge in [0.2, 0.25) is 0 Å². The summed E-state index contributed by atoms with van der Waals surface area (Å²) in [6, 6.07) is 8.49. The van der Waals surface area contributed by atoms with Gasteiger partial charge in [-0.3, -0.25) is 4.79 Å². The van der Waals surface area contributed by atoms with Crippen LogP contribution in [0.5, 0.6) is 0 Å². The number of carbonyl (C=O) groups is 1. The fraction of sp³-hybridized carbons (Fsp3) is 0.500. The molecule has 0 bridgehead atoms. The summed E-state index contributed by atoms with van der Waals surface area (Å²) in [6.45, 7) is 1.57. The zero-order chi connectivity index (χ0) is 13.2. The highest BCUT2D eigenvalue weighted by molar-refractivity contribution is 9.10. The number of carboxylic acid groups (broad SMARTS) is 1.